The molecule has 60 heavy (non-hydrogen) atoms. The van der Waals surface area contributed by atoms with Crippen LogP contribution in [0.1, 0.15) is 55.6 Å². The second-order valence-electron chi connectivity index (χ2n) is 16.2. The van der Waals surface area contributed by atoms with Crippen molar-refractivity contribution in [2.75, 3.05) is 9.80 Å². The lowest BCUT2D eigenvalue weighted by Crippen LogP contribution is -2.38. The summed E-state index contributed by atoms with van der Waals surface area (Å²) in [5, 5.41) is 0. The fraction of sp³-hybridized carbons (Fsp3) is 0.0690. The summed E-state index contributed by atoms with van der Waals surface area (Å²) < 4.78 is 0. The number of fused-ring (bicyclic) bond motifs is 4. The van der Waals surface area contributed by atoms with Gasteiger partial charge in [-0.2, -0.15) is 0 Å². The van der Waals surface area contributed by atoms with Crippen LogP contribution in [0.2, 0.25) is 0 Å². The second kappa shape index (κ2) is 14.1. The van der Waals surface area contributed by atoms with E-state index in [1.54, 1.807) is 0 Å². The van der Waals surface area contributed by atoms with E-state index in [1.165, 1.54) is 78.4 Å². The Morgan fingerprint density at radius 2 is 0.583 bits per heavy atom. The highest BCUT2D eigenvalue weighted by molar-refractivity contribution is 5.92. The molecule has 2 nitrogen and oxygen atoms in total. The summed E-state index contributed by atoms with van der Waals surface area (Å²) in [5.74, 6) is 0. The molecule has 2 heterocycles. The quantitative estimate of drug-likeness (QED) is 0.166. The minimum atomic E-state index is -0.583. The molecular formula is C58H44N2. The zero-order chi connectivity index (χ0) is 40.3. The molecule has 11 rings (SSSR count). The van der Waals surface area contributed by atoms with E-state index in [2.05, 4.69) is 254 Å². The van der Waals surface area contributed by atoms with Gasteiger partial charge in [0.05, 0.1) is 33.6 Å². The van der Waals surface area contributed by atoms with Crippen molar-refractivity contribution < 1.29 is 0 Å². The van der Waals surface area contributed by atoms with Gasteiger partial charge in [0.25, 0.3) is 0 Å². The summed E-state index contributed by atoms with van der Waals surface area (Å²) in [5.41, 5.74) is 18.4. The van der Waals surface area contributed by atoms with Crippen LogP contribution < -0.4 is 9.80 Å². The third kappa shape index (κ3) is 5.20. The second-order valence-corrected chi connectivity index (χ2v) is 16.2. The highest BCUT2D eigenvalue weighted by Gasteiger charge is 2.48. The first-order valence-electron chi connectivity index (χ1n) is 20.9. The van der Waals surface area contributed by atoms with Gasteiger partial charge in [0.1, 0.15) is 0 Å². The molecule has 0 atom stereocenters. The monoisotopic (exact) mass is 768 g/mol. The molecule has 2 aliphatic rings. The number of hydrogen-bond donors (Lipinski definition) is 0. The Morgan fingerprint density at radius 3 is 1.02 bits per heavy atom. The van der Waals surface area contributed by atoms with Crippen LogP contribution in [-0.2, 0) is 10.8 Å². The van der Waals surface area contributed by atoms with E-state index in [-0.39, 0.29) is 0 Å². The first-order chi connectivity index (χ1) is 29.6. The molecule has 0 amide bonds. The highest BCUT2D eigenvalue weighted by atomic mass is 15.2. The van der Waals surface area contributed by atoms with Crippen LogP contribution >= 0.6 is 0 Å². The van der Waals surface area contributed by atoms with Gasteiger partial charge < -0.3 is 9.80 Å². The Labute approximate surface area is 353 Å². The van der Waals surface area contributed by atoms with Gasteiger partial charge in [0.2, 0.25) is 0 Å². The normalized spacial score (nSPS) is 14.4. The minimum absolute atomic E-state index is 0.529. The van der Waals surface area contributed by atoms with Gasteiger partial charge in [-0.25, -0.2) is 0 Å². The van der Waals surface area contributed by atoms with Gasteiger partial charge in [-0.05, 0) is 107 Å². The highest BCUT2D eigenvalue weighted by Crippen LogP contribution is 2.60. The zero-order valence-corrected chi connectivity index (χ0v) is 33.8. The molecule has 0 N–H and O–H groups in total. The summed E-state index contributed by atoms with van der Waals surface area (Å²) in [6.45, 7) is 4.43. The lowest BCUT2D eigenvalue weighted by Gasteiger charge is -2.47. The number of para-hydroxylation sites is 3. The van der Waals surface area contributed by atoms with Crippen molar-refractivity contribution in [1.29, 1.82) is 0 Å². The van der Waals surface area contributed by atoms with Crippen molar-refractivity contribution in [1.82, 2.24) is 0 Å². The molecule has 0 radical (unpaired) electrons. The van der Waals surface area contributed by atoms with Crippen LogP contribution in [0.4, 0.5) is 34.1 Å². The maximum atomic E-state index is 2.49. The van der Waals surface area contributed by atoms with E-state index in [9.17, 15) is 0 Å². The third-order valence-electron chi connectivity index (χ3n) is 12.9. The molecule has 0 aliphatic carbocycles. The topological polar surface area (TPSA) is 6.48 Å². The molecule has 0 saturated carbocycles. The average molecular weight is 769 g/mol. The predicted octanol–water partition coefficient (Wildman–Crippen LogP) is 14.6. The van der Waals surface area contributed by atoms with Gasteiger partial charge in [-0.15, -0.1) is 0 Å². The standard InChI is InChI=1S/C58H44N2/c1-41-31-37-55-51(39-41)58(44-21-9-4-10-22-44,45-23-11-5-12-24-45)52-40-42(2)32-38-56(52)60(55)48-35-33-46(34-36-48)57(43-19-7-3-8-20-43)49-27-15-17-29-53(49)59(47-25-13-6-14-26-47)54-30-18-16-28-50(54)57/h3-40H,1-2H3. The Bertz CT molecular complexity index is 2850. The Kier molecular flexibility index (Phi) is 8.42. The summed E-state index contributed by atoms with van der Waals surface area (Å²) >= 11 is 0. The van der Waals surface area contributed by atoms with Gasteiger partial charge >= 0.3 is 0 Å². The number of rotatable bonds is 6. The molecule has 0 bridgehead atoms. The molecule has 0 fully saturated rings. The Morgan fingerprint density at radius 1 is 0.267 bits per heavy atom. The summed E-state index contributed by atoms with van der Waals surface area (Å²) in [6.07, 6.45) is 0. The molecule has 0 saturated heterocycles. The zero-order valence-electron chi connectivity index (χ0n) is 33.8. The van der Waals surface area contributed by atoms with Crippen molar-refractivity contribution in [2.45, 2.75) is 24.7 Å². The van der Waals surface area contributed by atoms with E-state index in [1.807, 2.05) is 0 Å². The van der Waals surface area contributed by atoms with E-state index in [0.717, 1.165) is 11.4 Å². The third-order valence-corrected chi connectivity index (χ3v) is 12.9. The molecule has 0 aromatic heterocycles. The summed E-state index contributed by atoms with van der Waals surface area (Å²) in [4.78, 5) is 4.92. The lowest BCUT2D eigenvalue weighted by molar-refractivity contribution is 0.727. The molecule has 0 spiro atoms. The SMILES string of the molecule is Cc1ccc2c(c1)C(c1ccccc1)(c1ccccc1)c1cc(C)ccc1N2c1ccc(C2(c3ccccc3)c3ccccc3N(c3ccccc3)c3ccccc32)cc1. The number of nitrogens with zero attached hydrogens (tertiary/aromatic N) is 2. The van der Waals surface area contributed by atoms with Crippen molar-refractivity contribution in [3.8, 4) is 0 Å². The maximum absolute atomic E-state index is 2.49. The molecule has 9 aromatic rings. The van der Waals surface area contributed by atoms with E-state index in [0.29, 0.717) is 0 Å². The van der Waals surface area contributed by atoms with Crippen LogP contribution in [0, 0.1) is 13.8 Å². The fourth-order valence-corrected chi connectivity index (χ4v) is 10.4. The van der Waals surface area contributed by atoms with E-state index in [4.69, 9.17) is 0 Å². The minimum Gasteiger partial charge on any atom is -0.310 e. The largest absolute Gasteiger partial charge is 0.310 e. The average Bonchev–Trinajstić information content (AvgIpc) is 3.31. The molecule has 0 unspecified atom stereocenters. The molecular weight excluding hydrogens is 725 g/mol. The number of hydrogen-bond acceptors (Lipinski definition) is 2. The van der Waals surface area contributed by atoms with Gasteiger partial charge in [-0.1, -0.05) is 193 Å². The Hall–Kier alpha value is -7.42. The number of aryl methyl sites for hydroxylation is 2. The van der Waals surface area contributed by atoms with Gasteiger partial charge in [0.15, 0.2) is 0 Å². The first kappa shape index (κ1) is 35.7. The molecule has 2 aliphatic heterocycles. The van der Waals surface area contributed by atoms with Crippen LogP contribution in [0.5, 0.6) is 0 Å². The number of anilines is 6. The maximum Gasteiger partial charge on any atom is 0.0742 e. The van der Waals surface area contributed by atoms with Crippen molar-refractivity contribution in [2.24, 2.45) is 0 Å². The predicted molar refractivity (Wildman–Crippen MR) is 249 cm³/mol. The van der Waals surface area contributed by atoms with Crippen LogP contribution in [0.25, 0.3) is 0 Å². The summed E-state index contributed by atoms with van der Waals surface area (Å²) in [7, 11) is 0. The fourth-order valence-electron chi connectivity index (χ4n) is 10.4. The lowest BCUT2D eigenvalue weighted by atomic mass is 9.62. The van der Waals surface area contributed by atoms with Gasteiger partial charge in [0, 0.05) is 11.4 Å². The van der Waals surface area contributed by atoms with Crippen LogP contribution in [0.3, 0.4) is 0 Å². The van der Waals surface area contributed by atoms with Crippen molar-refractivity contribution in [3.63, 3.8) is 0 Å². The van der Waals surface area contributed by atoms with Crippen molar-refractivity contribution >= 4 is 34.1 Å². The molecule has 286 valence electrons. The Balaban J connectivity index is 1.15. The van der Waals surface area contributed by atoms with E-state index >= 15 is 0 Å². The summed E-state index contributed by atoms with van der Waals surface area (Å²) in [6, 6.07) is 85.4. The van der Waals surface area contributed by atoms with Crippen molar-refractivity contribution in [3.05, 3.63) is 286 Å². The molecule has 9 aromatic carbocycles. The van der Waals surface area contributed by atoms with E-state index < -0.39 is 10.8 Å². The van der Waals surface area contributed by atoms with Crippen LogP contribution in [-0.4, -0.2) is 0 Å². The number of benzene rings is 9. The smallest absolute Gasteiger partial charge is 0.0742 e. The van der Waals surface area contributed by atoms with Gasteiger partial charge in [-0.3, -0.25) is 0 Å². The molecule has 2 heteroatoms. The van der Waals surface area contributed by atoms with Crippen LogP contribution in [0.15, 0.2) is 231 Å². The first-order valence-corrected chi connectivity index (χ1v) is 20.9.